The van der Waals surface area contributed by atoms with Gasteiger partial charge in [-0.2, -0.15) is 0 Å². The summed E-state index contributed by atoms with van der Waals surface area (Å²) in [6, 6.07) is 20.6. The first-order valence-corrected chi connectivity index (χ1v) is 8.01. The number of hydrogen-bond donors (Lipinski definition) is 0. The standard InChI is InChI=1S/C21H19NO3/c1-24-15-16-7-9-19(10-8-16)21(23)25-20(17-5-3-2-4-6-17)18-11-13-22-14-12-18/h2-14,20H,15H2,1H3. The molecule has 4 heteroatoms. The predicted octanol–water partition coefficient (Wildman–Crippen LogP) is 4.17. The molecule has 0 fully saturated rings. The summed E-state index contributed by atoms with van der Waals surface area (Å²) >= 11 is 0. The van der Waals surface area contributed by atoms with Crippen LogP contribution in [-0.4, -0.2) is 18.1 Å². The van der Waals surface area contributed by atoms with Gasteiger partial charge in [-0.3, -0.25) is 4.98 Å². The minimum Gasteiger partial charge on any atom is -0.449 e. The molecule has 0 spiro atoms. The average molecular weight is 333 g/mol. The van der Waals surface area contributed by atoms with Crippen LogP contribution in [0.2, 0.25) is 0 Å². The molecule has 1 unspecified atom stereocenters. The van der Waals surface area contributed by atoms with E-state index < -0.39 is 6.10 Å². The van der Waals surface area contributed by atoms with Gasteiger partial charge in [-0.05, 0) is 35.4 Å². The van der Waals surface area contributed by atoms with Crippen LogP contribution in [0.15, 0.2) is 79.1 Å². The predicted molar refractivity (Wildman–Crippen MR) is 95.1 cm³/mol. The van der Waals surface area contributed by atoms with Gasteiger partial charge in [-0.25, -0.2) is 4.79 Å². The van der Waals surface area contributed by atoms with Gasteiger partial charge in [-0.1, -0.05) is 42.5 Å². The maximum Gasteiger partial charge on any atom is 0.339 e. The second-order valence-corrected chi connectivity index (χ2v) is 5.61. The molecular weight excluding hydrogens is 314 g/mol. The van der Waals surface area contributed by atoms with Crippen LogP contribution in [0.1, 0.15) is 33.2 Å². The fraction of sp³-hybridized carbons (Fsp3) is 0.143. The third-order valence-corrected chi connectivity index (χ3v) is 3.84. The molecule has 3 aromatic rings. The monoisotopic (exact) mass is 333 g/mol. The topological polar surface area (TPSA) is 48.4 Å². The van der Waals surface area contributed by atoms with Crippen molar-refractivity contribution >= 4 is 5.97 Å². The molecule has 1 heterocycles. The fourth-order valence-corrected chi connectivity index (χ4v) is 2.57. The van der Waals surface area contributed by atoms with E-state index in [0.717, 1.165) is 16.7 Å². The molecule has 1 aromatic heterocycles. The van der Waals surface area contributed by atoms with Gasteiger partial charge in [0.1, 0.15) is 0 Å². The first-order valence-electron chi connectivity index (χ1n) is 8.01. The van der Waals surface area contributed by atoms with Crippen molar-refractivity contribution in [1.82, 2.24) is 4.98 Å². The summed E-state index contributed by atoms with van der Waals surface area (Å²) in [7, 11) is 1.64. The first kappa shape index (κ1) is 16.9. The lowest BCUT2D eigenvalue weighted by Gasteiger charge is -2.19. The highest BCUT2D eigenvalue weighted by molar-refractivity contribution is 5.89. The van der Waals surface area contributed by atoms with E-state index in [0.29, 0.717) is 12.2 Å². The molecule has 0 radical (unpaired) electrons. The van der Waals surface area contributed by atoms with E-state index in [-0.39, 0.29) is 5.97 Å². The number of pyridine rings is 1. The Balaban J connectivity index is 1.84. The summed E-state index contributed by atoms with van der Waals surface area (Å²) in [4.78, 5) is 16.6. The lowest BCUT2D eigenvalue weighted by molar-refractivity contribution is 0.0378. The smallest absolute Gasteiger partial charge is 0.339 e. The van der Waals surface area contributed by atoms with E-state index in [1.54, 1.807) is 31.6 Å². The third kappa shape index (κ3) is 4.31. The van der Waals surface area contributed by atoms with Crippen LogP contribution in [0.3, 0.4) is 0 Å². The number of hydrogen-bond acceptors (Lipinski definition) is 4. The summed E-state index contributed by atoms with van der Waals surface area (Å²) in [6.45, 7) is 0.513. The number of carbonyl (C=O) groups excluding carboxylic acids is 1. The van der Waals surface area contributed by atoms with Gasteiger partial charge >= 0.3 is 5.97 Å². The molecule has 0 bridgehead atoms. The molecule has 0 N–H and O–H groups in total. The summed E-state index contributed by atoms with van der Waals surface area (Å²) in [5.74, 6) is -0.366. The highest BCUT2D eigenvalue weighted by Gasteiger charge is 2.20. The van der Waals surface area contributed by atoms with Crippen LogP contribution in [-0.2, 0) is 16.1 Å². The summed E-state index contributed by atoms with van der Waals surface area (Å²) in [6.07, 6.45) is 2.91. The number of aromatic nitrogens is 1. The molecule has 3 rings (SSSR count). The fourth-order valence-electron chi connectivity index (χ4n) is 2.57. The minimum atomic E-state index is -0.477. The number of methoxy groups -OCH3 is 1. The van der Waals surface area contributed by atoms with Crippen LogP contribution in [0.4, 0.5) is 0 Å². The van der Waals surface area contributed by atoms with Gasteiger partial charge < -0.3 is 9.47 Å². The lowest BCUT2D eigenvalue weighted by atomic mass is 10.0. The second kappa shape index (κ2) is 8.22. The van der Waals surface area contributed by atoms with Crippen LogP contribution < -0.4 is 0 Å². The first-order chi connectivity index (χ1) is 12.3. The SMILES string of the molecule is COCc1ccc(C(=O)OC(c2ccccc2)c2ccncc2)cc1. The summed E-state index contributed by atoms with van der Waals surface area (Å²) < 4.78 is 10.9. The maximum absolute atomic E-state index is 12.6. The Bertz CT molecular complexity index is 762. The highest BCUT2D eigenvalue weighted by Crippen LogP contribution is 2.26. The van der Waals surface area contributed by atoms with Crippen molar-refractivity contribution in [2.45, 2.75) is 12.7 Å². The van der Waals surface area contributed by atoms with Crippen LogP contribution in [0.25, 0.3) is 0 Å². The van der Waals surface area contributed by atoms with Gasteiger partial charge in [0, 0.05) is 25.1 Å². The second-order valence-electron chi connectivity index (χ2n) is 5.61. The van der Waals surface area contributed by atoms with Crippen molar-refractivity contribution in [2.75, 3.05) is 7.11 Å². The molecule has 2 aromatic carbocycles. The highest BCUT2D eigenvalue weighted by atomic mass is 16.5. The average Bonchev–Trinajstić information content (AvgIpc) is 2.68. The van der Waals surface area contributed by atoms with Crippen molar-refractivity contribution in [3.63, 3.8) is 0 Å². The molecule has 0 saturated heterocycles. The largest absolute Gasteiger partial charge is 0.449 e. The van der Waals surface area contributed by atoms with Crippen molar-refractivity contribution in [2.24, 2.45) is 0 Å². The lowest BCUT2D eigenvalue weighted by Crippen LogP contribution is -2.13. The van der Waals surface area contributed by atoms with E-state index in [1.165, 1.54) is 0 Å². The van der Waals surface area contributed by atoms with Crippen LogP contribution >= 0.6 is 0 Å². The summed E-state index contributed by atoms with van der Waals surface area (Å²) in [5, 5.41) is 0. The molecule has 0 aliphatic carbocycles. The normalized spacial score (nSPS) is 11.7. The Kier molecular flexibility index (Phi) is 5.54. The Labute approximate surface area is 147 Å². The number of rotatable bonds is 6. The van der Waals surface area contributed by atoms with Crippen molar-refractivity contribution < 1.29 is 14.3 Å². The number of benzene rings is 2. The zero-order valence-corrected chi connectivity index (χ0v) is 14.0. The van der Waals surface area contributed by atoms with Crippen molar-refractivity contribution in [3.8, 4) is 0 Å². The quantitative estimate of drug-likeness (QED) is 0.635. The molecular formula is C21H19NO3. The Hall–Kier alpha value is -2.98. The van der Waals surface area contributed by atoms with Gasteiger partial charge in [0.2, 0.25) is 0 Å². The molecule has 4 nitrogen and oxygen atoms in total. The Morgan fingerprint density at radius 1 is 0.920 bits per heavy atom. The summed E-state index contributed by atoms with van der Waals surface area (Å²) in [5.41, 5.74) is 3.31. The van der Waals surface area contributed by atoms with Gasteiger partial charge in [-0.15, -0.1) is 0 Å². The van der Waals surface area contributed by atoms with Crippen LogP contribution in [0.5, 0.6) is 0 Å². The van der Waals surface area contributed by atoms with Crippen molar-refractivity contribution in [3.05, 3.63) is 101 Å². The Morgan fingerprint density at radius 3 is 2.20 bits per heavy atom. The van der Waals surface area contributed by atoms with Gasteiger partial charge in [0.15, 0.2) is 6.10 Å². The van der Waals surface area contributed by atoms with E-state index >= 15 is 0 Å². The number of nitrogens with zero attached hydrogens (tertiary/aromatic N) is 1. The van der Waals surface area contributed by atoms with Gasteiger partial charge in [0.25, 0.3) is 0 Å². The third-order valence-electron chi connectivity index (χ3n) is 3.84. The maximum atomic E-state index is 12.6. The molecule has 0 saturated carbocycles. The minimum absolute atomic E-state index is 0.366. The van der Waals surface area contributed by atoms with E-state index in [1.807, 2.05) is 54.6 Å². The van der Waals surface area contributed by atoms with Gasteiger partial charge in [0.05, 0.1) is 12.2 Å². The zero-order chi connectivity index (χ0) is 17.5. The number of ether oxygens (including phenoxy) is 2. The molecule has 0 aliphatic rings. The van der Waals surface area contributed by atoms with Crippen molar-refractivity contribution in [1.29, 1.82) is 0 Å². The molecule has 1 atom stereocenters. The molecule has 0 aliphatic heterocycles. The van der Waals surface area contributed by atoms with E-state index in [2.05, 4.69) is 4.98 Å². The Morgan fingerprint density at radius 2 is 1.56 bits per heavy atom. The molecule has 25 heavy (non-hydrogen) atoms. The molecule has 0 amide bonds. The number of carbonyl (C=O) groups is 1. The molecule has 126 valence electrons. The zero-order valence-electron chi connectivity index (χ0n) is 14.0. The number of esters is 1. The van der Waals surface area contributed by atoms with Crippen LogP contribution in [0, 0.1) is 0 Å². The van der Waals surface area contributed by atoms with E-state index in [9.17, 15) is 4.79 Å². The van der Waals surface area contributed by atoms with E-state index in [4.69, 9.17) is 9.47 Å².